The first-order valence-electron chi connectivity index (χ1n) is 9.90. The molecule has 0 aliphatic rings. The van der Waals surface area contributed by atoms with Crippen LogP contribution < -0.4 is 23.7 Å². The molecule has 0 unspecified atom stereocenters. The van der Waals surface area contributed by atoms with E-state index in [2.05, 4.69) is 4.72 Å². The van der Waals surface area contributed by atoms with Gasteiger partial charge in [-0.05, 0) is 54.1 Å². The van der Waals surface area contributed by atoms with Gasteiger partial charge in [0.05, 0.1) is 33.3 Å². The number of aromatic hydroxyl groups is 1. The summed E-state index contributed by atoms with van der Waals surface area (Å²) in [4.78, 5) is 0.00172. The highest BCUT2D eigenvalue weighted by atomic mass is 35.5. The number of anilines is 1. The Hall–Kier alpha value is -3.56. The number of ether oxygens (including phenoxy) is 4. The lowest BCUT2D eigenvalue weighted by Gasteiger charge is -2.16. The number of halogens is 1. The van der Waals surface area contributed by atoms with Gasteiger partial charge in [-0.25, -0.2) is 8.42 Å². The van der Waals surface area contributed by atoms with E-state index in [0.717, 1.165) is 0 Å². The second-order valence-electron chi connectivity index (χ2n) is 6.93. The van der Waals surface area contributed by atoms with Crippen LogP contribution in [0.4, 0.5) is 5.69 Å². The molecule has 0 aliphatic heterocycles. The predicted octanol–water partition coefficient (Wildman–Crippen LogP) is 5.05. The van der Waals surface area contributed by atoms with Crippen molar-refractivity contribution in [1.82, 2.24) is 0 Å². The molecule has 0 aromatic heterocycles. The number of methoxy groups -OCH3 is 4. The van der Waals surface area contributed by atoms with Crippen LogP contribution in [0.2, 0.25) is 5.02 Å². The zero-order valence-electron chi connectivity index (χ0n) is 19.0. The normalized spacial score (nSPS) is 11.3. The summed E-state index contributed by atoms with van der Waals surface area (Å²) in [6.45, 7) is 0. The van der Waals surface area contributed by atoms with Crippen LogP contribution in [-0.2, 0) is 10.0 Å². The number of phenolic OH excluding ortho intramolecular Hbond substituents is 1. The molecule has 8 nitrogen and oxygen atoms in total. The van der Waals surface area contributed by atoms with Gasteiger partial charge in [-0.15, -0.1) is 0 Å². The van der Waals surface area contributed by atoms with Gasteiger partial charge < -0.3 is 24.1 Å². The molecule has 3 rings (SSSR count). The summed E-state index contributed by atoms with van der Waals surface area (Å²) in [5, 5.41) is 10.7. The number of hydrogen-bond acceptors (Lipinski definition) is 7. The Morgan fingerprint density at radius 1 is 0.824 bits per heavy atom. The minimum Gasteiger partial charge on any atom is -0.504 e. The van der Waals surface area contributed by atoms with Crippen LogP contribution in [0.5, 0.6) is 28.7 Å². The molecule has 0 atom stereocenters. The monoisotopic (exact) mass is 505 g/mol. The van der Waals surface area contributed by atoms with Crippen LogP contribution in [0.3, 0.4) is 0 Å². The van der Waals surface area contributed by atoms with Gasteiger partial charge >= 0.3 is 0 Å². The minimum absolute atomic E-state index is 0.00172. The van der Waals surface area contributed by atoms with Crippen molar-refractivity contribution >= 4 is 39.5 Å². The first-order chi connectivity index (χ1) is 16.2. The number of phenols is 1. The summed E-state index contributed by atoms with van der Waals surface area (Å²) >= 11 is 5.87. The Labute approximate surface area is 203 Å². The van der Waals surface area contributed by atoms with Crippen molar-refractivity contribution in [3.05, 3.63) is 64.7 Å². The topological polar surface area (TPSA) is 103 Å². The van der Waals surface area contributed by atoms with Crippen molar-refractivity contribution in [2.75, 3.05) is 33.2 Å². The van der Waals surface area contributed by atoms with E-state index in [9.17, 15) is 13.5 Å². The van der Waals surface area contributed by atoms with Gasteiger partial charge in [0.1, 0.15) is 5.69 Å². The van der Waals surface area contributed by atoms with E-state index in [1.165, 1.54) is 58.8 Å². The fourth-order valence-electron chi connectivity index (χ4n) is 3.23. The van der Waals surface area contributed by atoms with Crippen molar-refractivity contribution in [2.24, 2.45) is 0 Å². The summed E-state index contributed by atoms with van der Waals surface area (Å²) < 4.78 is 49.9. The van der Waals surface area contributed by atoms with E-state index in [1.807, 2.05) is 0 Å². The summed E-state index contributed by atoms with van der Waals surface area (Å²) in [6.07, 6.45) is 3.40. The first-order valence-corrected chi connectivity index (χ1v) is 11.8. The number of nitrogens with one attached hydrogen (secondary N) is 1. The third-order valence-electron chi connectivity index (χ3n) is 4.88. The van der Waals surface area contributed by atoms with Crippen molar-refractivity contribution in [2.45, 2.75) is 4.90 Å². The third-order valence-corrected chi connectivity index (χ3v) is 6.49. The molecule has 3 aromatic rings. The van der Waals surface area contributed by atoms with E-state index in [-0.39, 0.29) is 22.1 Å². The second kappa shape index (κ2) is 10.6. The zero-order valence-corrected chi connectivity index (χ0v) is 20.5. The zero-order chi connectivity index (χ0) is 24.9. The first kappa shape index (κ1) is 25.1. The molecule has 3 aromatic carbocycles. The van der Waals surface area contributed by atoms with Crippen LogP contribution in [0.25, 0.3) is 12.2 Å². The van der Waals surface area contributed by atoms with Gasteiger partial charge in [-0.1, -0.05) is 23.8 Å². The largest absolute Gasteiger partial charge is 0.504 e. The van der Waals surface area contributed by atoms with Gasteiger partial charge in [0.15, 0.2) is 23.0 Å². The average Bonchev–Trinajstić information content (AvgIpc) is 2.83. The van der Waals surface area contributed by atoms with Gasteiger partial charge in [-0.2, -0.15) is 0 Å². The minimum atomic E-state index is -4.01. The number of hydrogen-bond donors (Lipinski definition) is 2. The van der Waals surface area contributed by atoms with Crippen LogP contribution in [0.1, 0.15) is 11.1 Å². The fraction of sp³-hybridized carbons (Fsp3) is 0.167. The lowest BCUT2D eigenvalue weighted by Crippen LogP contribution is -2.14. The van der Waals surface area contributed by atoms with Crippen molar-refractivity contribution in [3.63, 3.8) is 0 Å². The van der Waals surface area contributed by atoms with E-state index in [1.54, 1.807) is 30.4 Å². The van der Waals surface area contributed by atoms with Crippen LogP contribution >= 0.6 is 11.6 Å². The SMILES string of the molecule is COc1cc(C=Cc2ccc(O)c(OC)c2NS(=O)(=O)c2ccc(Cl)cc2)cc(OC)c1OC. The van der Waals surface area contributed by atoms with Crippen LogP contribution in [-0.4, -0.2) is 42.0 Å². The Bertz CT molecular complexity index is 1280. The summed E-state index contributed by atoms with van der Waals surface area (Å²) in [5.74, 6) is 1.14. The van der Waals surface area contributed by atoms with Gasteiger partial charge in [-0.3, -0.25) is 4.72 Å². The van der Waals surface area contributed by atoms with Crippen LogP contribution in [0, 0.1) is 0 Å². The lowest BCUT2D eigenvalue weighted by molar-refractivity contribution is 0.324. The molecule has 0 saturated carbocycles. The van der Waals surface area contributed by atoms with E-state index in [0.29, 0.717) is 33.4 Å². The molecule has 0 saturated heterocycles. The molecule has 10 heteroatoms. The quantitative estimate of drug-likeness (QED) is 0.392. The van der Waals surface area contributed by atoms with Gasteiger partial charge in [0.2, 0.25) is 5.75 Å². The number of sulfonamides is 1. The lowest BCUT2D eigenvalue weighted by atomic mass is 10.1. The highest BCUT2D eigenvalue weighted by Gasteiger charge is 2.21. The number of benzene rings is 3. The maximum absolute atomic E-state index is 13.0. The highest BCUT2D eigenvalue weighted by molar-refractivity contribution is 7.92. The molecule has 0 radical (unpaired) electrons. The Kier molecular flexibility index (Phi) is 7.80. The van der Waals surface area contributed by atoms with E-state index >= 15 is 0 Å². The fourth-order valence-corrected chi connectivity index (χ4v) is 4.45. The highest BCUT2D eigenvalue weighted by Crippen LogP contribution is 2.41. The van der Waals surface area contributed by atoms with Gasteiger partial charge in [0, 0.05) is 10.6 Å². The Morgan fingerprint density at radius 3 is 1.94 bits per heavy atom. The van der Waals surface area contributed by atoms with Crippen molar-refractivity contribution in [1.29, 1.82) is 0 Å². The van der Waals surface area contributed by atoms with Crippen molar-refractivity contribution in [3.8, 4) is 28.7 Å². The molecule has 2 N–H and O–H groups in total. The van der Waals surface area contributed by atoms with E-state index < -0.39 is 10.0 Å². The molecule has 0 aliphatic carbocycles. The molecule has 180 valence electrons. The smallest absolute Gasteiger partial charge is 0.262 e. The third kappa shape index (κ3) is 5.32. The van der Waals surface area contributed by atoms with Crippen LogP contribution in [0.15, 0.2) is 53.4 Å². The Morgan fingerprint density at radius 2 is 1.41 bits per heavy atom. The molecule has 0 fully saturated rings. The summed E-state index contributed by atoms with van der Waals surface area (Å²) in [5.41, 5.74) is 1.22. The maximum atomic E-state index is 13.0. The second-order valence-corrected chi connectivity index (χ2v) is 9.05. The molecule has 0 amide bonds. The summed E-state index contributed by atoms with van der Waals surface area (Å²) in [6, 6.07) is 12.2. The molecule has 0 spiro atoms. The van der Waals surface area contributed by atoms with Gasteiger partial charge in [0.25, 0.3) is 10.0 Å². The maximum Gasteiger partial charge on any atom is 0.262 e. The molecule has 0 bridgehead atoms. The molecular weight excluding hydrogens is 482 g/mol. The average molecular weight is 506 g/mol. The summed E-state index contributed by atoms with van der Waals surface area (Å²) in [7, 11) is 1.87. The predicted molar refractivity (Wildman–Crippen MR) is 132 cm³/mol. The molecular formula is C24H24ClNO7S. The standard InChI is InChI=1S/C24H24ClNO7S/c1-30-20-13-15(14-21(31-2)24(20)33-4)5-6-16-7-12-19(27)23(32-3)22(16)26-34(28,29)18-10-8-17(25)9-11-18/h5-14,26-27H,1-4H3. The number of rotatable bonds is 9. The molecule has 34 heavy (non-hydrogen) atoms. The molecule has 0 heterocycles. The van der Waals surface area contributed by atoms with Crippen molar-refractivity contribution < 1.29 is 32.5 Å². The van der Waals surface area contributed by atoms with E-state index in [4.69, 9.17) is 30.5 Å². The Balaban J connectivity index is 2.07.